The minimum Gasteiger partial charge on any atom is -0.456 e. The van der Waals surface area contributed by atoms with Crippen molar-refractivity contribution in [2.24, 2.45) is 0 Å². The highest BCUT2D eigenvalue weighted by molar-refractivity contribution is 6.65. The molecule has 1 saturated heterocycles. The molecule has 0 N–H and O–H groups in total. The van der Waals surface area contributed by atoms with Gasteiger partial charge >= 0.3 is 7.12 Å². The first-order valence-electron chi connectivity index (χ1n) is 9.81. The first-order valence-corrected chi connectivity index (χ1v) is 9.81. The summed E-state index contributed by atoms with van der Waals surface area (Å²) in [5.41, 5.74) is 1.96. The van der Waals surface area contributed by atoms with E-state index in [1.54, 1.807) is 0 Å². The van der Waals surface area contributed by atoms with Gasteiger partial charge in [0, 0.05) is 16.2 Å². The van der Waals surface area contributed by atoms with Gasteiger partial charge in [0.25, 0.3) is 0 Å². The molecule has 1 aromatic heterocycles. The minimum atomic E-state index is -0.444. The fourth-order valence-electron chi connectivity index (χ4n) is 4.50. The molecule has 0 aliphatic carbocycles. The third-order valence-electron chi connectivity index (χ3n) is 6.69. The van der Waals surface area contributed by atoms with Crippen LogP contribution in [0, 0.1) is 0 Å². The maximum atomic E-state index is 6.41. The van der Waals surface area contributed by atoms with Crippen molar-refractivity contribution < 1.29 is 13.7 Å². The first kappa shape index (κ1) is 16.4. The predicted molar refractivity (Wildman–Crippen MR) is 116 cm³/mol. The molecule has 0 radical (unpaired) electrons. The zero-order chi connectivity index (χ0) is 19.3. The van der Waals surface area contributed by atoms with Crippen LogP contribution in [0.15, 0.2) is 59.0 Å². The van der Waals surface area contributed by atoms with Crippen molar-refractivity contribution in [2.45, 2.75) is 38.9 Å². The van der Waals surface area contributed by atoms with Crippen LogP contribution in [0.4, 0.5) is 0 Å². The molecule has 1 aliphatic heterocycles. The molecule has 3 nitrogen and oxygen atoms in total. The van der Waals surface area contributed by atoms with E-state index in [0.29, 0.717) is 0 Å². The van der Waals surface area contributed by atoms with Crippen molar-refractivity contribution in [3.8, 4) is 0 Å². The monoisotopic (exact) mass is 368 g/mol. The average Bonchev–Trinajstić information content (AvgIpc) is 3.15. The van der Waals surface area contributed by atoms with Crippen molar-refractivity contribution in [3.63, 3.8) is 0 Å². The number of hydrogen-bond acceptors (Lipinski definition) is 3. The van der Waals surface area contributed by atoms with E-state index in [4.69, 9.17) is 13.7 Å². The van der Waals surface area contributed by atoms with Gasteiger partial charge in [-0.2, -0.15) is 0 Å². The number of rotatable bonds is 1. The Morgan fingerprint density at radius 3 is 1.93 bits per heavy atom. The van der Waals surface area contributed by atoms with Crippen LogP contribution in [0.5, 0.6) is 0 Å². The minimum absolute atomic E-state index is 0.385. The van der Waals surface area contributed by atoms with Gasteiger partial charge in [0.2, 0.25) is 0 Å². The Labute approximate surface area is 163 Å². The van der Waals surface area contributed by atoms with Crippen LogP contribution in [-0.4, -0.2) is 18.3 Å². The van der Waals surface area contributed by atoms with Crippen molar-refractivity contribution in [1.29, 1.82) is 0 Å². The molecule has 0 amide bonds. The quantitative estimate of drug-likeness (QED) is 0.284. The normalized spacial score (nSPS) is 18.9. The summed E-state index contributed by atoms with van der Waals surface area (Å²) in [4.78, 5) is 0. The Morgan fingerprint density at radius 2 is 1.25 bits per heavy atom. The molecule has 0 spiro atoms. The van der Waals surface area contributed by atoms with Gasteiger partial charge in [-0.3, -0.25) is 0 Å². The van der Waals surface area contributed by atoms with Crippen LogP contribution < -0.4 is 5.46 Å². The van der Waals surface area contributed by atoms with E-state index in [1.165, 1.54) is 26.9 Å². The van der Waals surface area contributed by atoms with Crippen LogP contribution in [0.3, 0.4) is 0 Å². The van der Waals surface area contributed by atoms with Crippen molar-refractivity contribution in [3.05, 3.63) is 54.6 Å². The van der Waals surface area contributed by atoms with Crippen molar-refractivity contribution in [1.82, 2.24) is 0 Å². The molecule has 6 rings (SSSR count). The maximum absolute atomic E-state index is 6.41. The number of hydrogen-bond donors (Lipinski definition) is 0. The lowest BCUT2D eigenvalue weighted by atomic mass is 9.77. The molecule has 0 saturated carbocycles. The zero-order valence-electron chi connectivity index (χ0n) is 16.5. The highest BCUT2D eigenvalue weighted by atomic mass is 16.7. The molecule has 28 heavy (non-hydrogen) atoms. The largest absolute Gasteiger partial charge is 0.498 e. The molecule has 0 atom stereocenters. The van der Waals surface area contributed by atoms with Gasteiger partial charge in [-0.15, -0.1) is 0 Å². The van der Waals surface area contributed by atoms with Crippen LogP contribution >= 0.6 is 0 Å². The molecule has 1 fully saturated rings. The predicted octanol–water partition coefficient (Wildman–Crippen LogP) is 5.63. The van der Waals surface area contributed by atoms with Gasteiger partial charge in [0.1, 0.15) is 11.2 Å². The summed E-state index contributed by atoms with van der Waals surface area (Å²) in [5, 5.41) is 7.29. The van der Waals surface area contributed by atoms with E-state index in [1.807, 2.05) is 6.07 Å². The molecule has 5 aromatic rings. The van der Waals surface area contributed by atoms with E-state index in [9.17, 15) is 0 Å². The fourth-order valence-corrected chi connectivity index (χ4v) is 4.50. The Bertz CT molecular complexity index is 1360. The molecule has 1 aliphatic rings. The number of fused-ring (bicyclic) bond motifs is 3. The second-order valence-corrected chi connectivity index (χ2v) is 8.82. The van der Waals surface area contributed by atoms with E-state index < -0.39 is 7.12 Å². The molecule has 4 heteroatoms. The van der Waals surface area contributed by atoms with E-state index in [-0.39, 0.29) is 11.2 Å². The average molecular weight is 368 g/mol. The molecular formula is C24H21BO3. The fraction of sp³-hybridized carbons (Fsp3) is 0.250. The molecule has 138 valence electrons. The molecule has 2 heterocycles. The van der Waals surface area contributed by atoms with Gasteiger partial charge in [0.15, 0.2) is 0 Å². The second-order valence-electron chi connectivity index (χ2n) is 8.82. The molecule has 0 bridgehead atoms. The Morgan fingerprint density at radius 1 is 0.643 bits per heavy atom. The van der Waals surface area contributed by atoms with E-state index >= 15 is 0 Å². The lowest BCUT2D eigenvalue weighted by Gasteiger charge is -2.32. The smallest absolute Gasteiger partial charge is 0.456 e. The van der Waals surface area contributed by atoms with Crippen LogP contribution in [0.25, 0.3) is 43.5 Å². The topological polar surface area (TPSA) is 31.6 Å². The van der Waals surface area contributed by atoms with Crippen LogP contribution in [0.1, 0.15) is 27.7 Å². The molecule has 4 aromatic carbocycles. The first-order chi connectivity index (χ1) is 13.4. The lowest BCUT2D eigenvalue weighted by molar-refractivity contribution is 0.00578. The molecular weight excluding hydrogens is 347 g/mol. The second kappa shape index (κ2) is 5.08. The Balaban J connectivity index is 1.73. The maximum Gasteiger partial charge on any atom is 0.498 e. The number of furan rings is 1. The summed E-state index contributed by atoms with van der Waals surface area (Å²) in [6.45, 7) is 8.31. The summed E-state index contributed by atoms with van der Waals surface area (Å²) >= 11 is 0. The Kier molecular flexibility index (Phi) is 2.97. The molecule has 0 unspecified atom stereocenters. The summed E-state index contributed by atoms with van der Waals surface area (Å²) in [6.07, 6.45) is 0. The van der Waals surface area contributed by atoms with Gasteiger partial charge in [-0.25, -0.2) is 0 Å². The van der Waals surface area contributed by atoms with Crippen LogP contribution in [0.2, 0.25) is 0 Å². The number of benzene rings is 4. The van der Waals surface area contributed by atoms with Crippen molar-refractivity contribution >= 4 is 56.1 Å². The summed E-state index contributed by atoms with van der Waals surface area (Å²) in [6, 6.07) is 19.1. The van der Waals surface area contributed by atoms with Crippen LogP contribution in [-0.2, 0) is 9.31 Å². The highest BCUT2D eigenvalue weighted by Crippen LogP contribution is 2.43. The zero-order valence-corrected chi connectivity index (χ0v) is 16.5. The Hall–Kier alpha value is -2.56. The summed E-state index contributed by atoms with van der Waals surface area (Å²) in [7, 11) is -0.444. The van der Waals surface area contributed by atoms with Gasteiger partial charge < -0.3 is 13.7 Å². The lowest BCUT2D eigenvalue weighted by Crippen LogP contribution is -2.41. The standard InChI is InChI=1S/C24H21BO3/c1-23(2)24(3,4)28-25(27-23)18-13-12-17-15-9-6-5-8-14(15)16-10-7-11-19-20(16)21(17)22(18)26-19/h5-13H,1-4H3. The third-order valence-corrected chi connectivity index (χ3v) is 6.69. The summed E-state index contributed by atoms with van der Waals surface area (Å²) < 4.78 is 19.1. The van der Waals surface area contributed by atoms with Crippen molar-refractivity contribution in [2.75, 3.05) is 0 Å². The van der Waals surface area contributed by atoms with E-state index in [2.05, 4.69) is 76.2 Å². The highest BCUT2D eigenvalue weighted by Gasteiger charge is 2.52. The van der Waals surface area contributed by atoms with E-state index in [0.717, 1.165) is 22.0 Å². The van der Waals surface area contributed by atoms with Gasteiger partial charge in [-0.05, 0) is 55.3 Å². The van der Waals surface area contributed by atoms with Gasteiger partial charge in [-0.1, -0.05) is 48.5 Å². The SMILES string of the molecule is CC1(C)OB(c2ccc3c4ccccc4c4cccc5oc2c3c54)OC1(C)C. The van der Waals surface area contributed by atoms with Gasteiger partial charge in [0.05, 0.1) is 11.2 Å². The summed E-state index contributed by atoms with van der Waals surface area (Å²) in [5.74, 6) is 0. The third kappa shape index (κ3) is 1.92.